The van der Waals surface area contributed by atoms with Gasteiger partial charge in [-0.2, -0.15) is 0 Å². The first-order valence-corrected chi connectivity index (χ1v) is 9.52. The number of ether oxygens (including phenoxy) is 3. The Morgan fingerprint density at radius 3 is 2.31 bits per heavy atom. The van der Waals surface area contributed by atoms with Crippen molar-refractivity contribution in [3.63, 3.8) is 0 Å². The second-order valence-corrected chi connectivity index (χ2v) is 6.28. The third-order valence-corrected chi connectivity index (χ3v) is 4.34. The summed E-state index contributed by atoms with van der Waals surface area (Å²) in [7, 11) is 0. The lowest BCUT2D eigenvalue weighted by atomic mass is 9.99. The molecule has 0 aliphatic carbocycles. The molecule has 0 radical (unpaired) electrons. The summed E-state index contributed by atoms with van der Waals surface area (Å²) >= 11 is 0. The highest BCUT2D eigenvalue weighted by Crippen LogP contribution is 2.27. The van der Waals surface area contributed by atoms with Gasteiger partial charge in [0.25, 0.3) is 0 Å². The molecule has 26 heavy (non-hydrogen) atoms. The lowest BCUT2D eigenvalue weighted by Gasteiger charge is -2.20. The van der Waals surface area contributed by atoms with Gasteiger partial charge in [0.1, 0.15) is 5.75 Å². The molecule has 1 rings (SSSR count). The van der Waals surface area contributed by atoms with Crippen LogP contribution in [0.5, 0.6) is 5.75 Å². The van der Waals surface area contributed by atoms with E-state index >= 15 is 0 Å². The average Bonchev–Trinajstić information content (AvgIpc) is 2.60. The van der Waals surface area contributed by atoms with E-state index in [1.165, 1.54) is 11.1 Å². The Labute approximate surface area is 157 Å². The first kappa shape index (κ1) is 22.0. The quantitative estimate of drug-likeness (QED) is 0.548. The second-order valence-electron chi connectivity index (χ2n) is 6.28. The largest absolute Gasteiger partial charge is 0.478 e. The number of esters is 2. The van der Waals surface area contributed by atoms with E-state index < -0.39 is 12.1 Å². The Balaban J connectivity index is 2.83. The molecule has 0 spiro atoms. The Kier molecular flexibility index (Phi) is 9.78. The summed E-state index contributed by atoms with van der Waals surface area (Å²) < 4.78 is 16.0. The monoisotopic (exact) mass is 364 g/mol. The molecule has 0 saturated heterocycles. The van der Waals surface area contributed by atoms with Gasteiger partial charge in [-0.3, -0.25) is 4.79 Å². The molecule has 1 aromatic rings. The zero-order valence-electron chi connectivity index (χ0n) is 16.7. The second kappa shape index (κ2) is 11.6. The van der Waals surface area contributed by atoms with Crippen LogP contribution < -0.4 is 4.74 Å². The molecule has 5 nitrogen and oxygen atoms in total. The summed E-state index contributed by atoms with van der Waals surface area (Å²) in [6.45, 7) is 10.4. The first-order valence-electron chi connectivity index (χ1n) is 9.52. The first-order chi connectivity index (χ1) is 12.4. The van der Waals surface area contributed by atoms with E-state index in [0.29, 0.717) is 31.8 Å². The van der Waals surface area contributed by atoms with E-state index in [9.17, 15) is 9.59 Å². The van der Waals surface area contributed by atoms with Gasteiger partial charge < -0.3 is 14.2 Å². The SMILES string of the molecule is CCCc1ccc(OC(CCCC(=O)OCC)C(=O)OCC)c(C)c1C. The molecule has 0 fully saturated rings. The molecule has 0 aliphatic rings. The number of aryl methyl sites for hydroxylation is 1. The van der Waals surface area contributed by atoms with Crippen LogP contribution in [0.15, 0.2) is 12.1 Å². The highest BCUT2D eigenvalue weighted by atomic mass is 16.6. The van der Waals surface area contributed by atoms with Crippen molar-refractivity contribution in [2.45, 2.75) is 72.8 Å². The number of rotatable bonds is 11. The van der Waals surface area contributed by atoms with Crippen LogP contribution in [0.2, 0.25) is 0 Å². The van der Waals surface area contributed by atoms with Gasteiger partial charge >= 0.3 is 11.9 Å². The van der Waals surface area contributed by atoms with Crippen molar-refractivity contribution in [2.24, 2.45) is 0 Å². The van der Waals surface area contributed by atoms with Crippen molar-refractivity contribution in [1.82, 2.24) is 0 Å². The molecule has 5 heteroatoms. The molecule has 0 bridgehead atoms. The Bertz CT molecular complexity index is 594. The van der Waals surface area contributed by atoms with Crippen LogP contribution in [0.1, 0.15) is 63.1 Å². The summed E-state index contributed by atoms with van der Waals surface area (Å²) in [6, 6.07) is 3.98. The third kappa shape index (κ3) is 6.70. The molecule has 146 valence electrons. The lowest BCUT2D eigenvalue weighted by molar-refractivity contribution is -0.152. The molecular weight excluding hydrogens is 332 g/mol. The Morgan fingerprint density at radius 2 is 1.69 bits per heavy atom. The molecule has 0 saturated carbocycles. The normalized spacial score (nSPS) is 11.7. The van der Waals surface area contributed by atoms with E-state index in [2.05, 4.69) is 19.9 Å². The van der Waals surface area contributed by atoms with Crippen LogP contribution >= 0.6 is 0 Å². The van der Waals surface area contributed by atoms with E-state index in [-0.39, 0.29) is 12.4 Å². The topological polar surface area (TPSA) is 61.8 Å². The zero-order valence-corrected chi connectivity index (χ0v) is 16.7. The van der Waals surface area contributed by atoms with Crippen LogP contribution in [0.25, 0.3) is 0 Å². The van der Waals surface area contributed by atoms with Gasteiger partial charge in [0.05, 0.1) is 13.2 Å². The van der Waals surface area contributed by atoms with Crippen LogP contribution in [0.4, 0.5) is 0 Å². The van der Waals surface area contributed by atoms with Crippen LogP contribution in [0.3, 0.4) is 0 Å². The maximum atomic E-state index is 12.3. The summed E-state index contributed by atoms with van der Waals surface area (Å²) in [4.78, 5) is 23.7. The summed E-state index contributed by atoms with van der Waals surface area (Å²) in [6.07, 6.45) is 2.56. The van der Waals surface area contributed by atoms with Crippen molar-refractivity contribution < 1.29 is 23.8 Å². The number of carbonyl (C=O) groups is 2. The molecule has 0 aromatic heterocycles. The van der Waals surface area contributed by atoms with Crippen molar-refractivity contribution in [3.8, 4) is 5.75 Å². The average molecular weight is 364 g/mol. The Morgan fingerprint density at radius 1 is 1.00 bits per heavy atom. The molecule has 0 amide bonds. The standard InChI is InChI=1S/C21H32O5/c1-6-10-17-13-14-18(16(5)15(17)4)26-19(21(23)25-8-3)11-9-12-20(22)24-7-2/h13-14,19H,6-12H2,1-5H3. The predicted octanol–water partition coefficient (Wildman–Crippen LogP) is 4.30. The number of carbonyl (C=O) groups excluding carboxylic acids is 2. The highest BCUT2D eigenvalue weighted by Gasteiger charge is 2.23. The molecule has 1 atom stereocenters. The van der Waals surface area contributed by atoms with Gasteiger partial charge in [-0.1, -0.05) is 19.4 Å². The molecule has 1 unspecified atom stereocenters. The molecular formula is C21H32O5. The minimum atomic E-state index is -0.723. The molecule has 0 aliphatic heterocycles. The van der Waals surface area contributed by atoms with Gasteiger partial charge in [0.2, 0.25) is 0 Å². The maximum Gasteiger partial charge on any atom is 0.347 e. The third-order valence-electron chi connectivity index (χ3n) is 4.34. The van der Waals surface area contributed by atoms with E-state index in [4.69, 9.17) is 14.2 Å². The van der Waals surface area contributed by atoms with Gasteiger partial charge in [-0.05, 0) is 69.7 Å². The van der Waals surface area contributed by atoms with E-state index in [0.717, 1.165) is 18.4 Å². The summed E-state index contributed by atoms with van der Waals surface area (Å²) in [5, 5.41) is 0. The van der Waals surface area contributed by atoms with Crippen molar-refractivity contribution >= 4 is 11.9 Å². The van der Waals surface area contributed by atoms with Crippen LogP contribution in [-0.2, 0) is 25.5 Å². The fraction of sp³-hybridized carbons (Fsp3) is 0.619. The van der Waals surface area contributed by atoms with E-state index in [1.54, 1.807) is 13.8 Å². The van der Waals surface area contributed by atoms with Gasteiger partial charge in [0.15, 0.2) is 6.10 Å². The molecule has 1 aromatic carbocycles. The van der Waals surface area contributed by atoms with Gasteiger partial charge in [0, 0.05) is 6.42 Å². The van der Waals surface area contributed by atoms with E-state index in [1.807, 2.05) is 13.0 Å². The maximum absolute atomic E-state index is 12.3. The van der Waals surface area contributed by atoms with Crippen LogP contribution in [0, 0.1) is 13.8 Å². The van der Waals surface area contributed by atoms with Gasteiger partial charge in [-0.15, -0.1) is 0 Å². The predicted molar refractivity (Wildman–Crippen MR) is 101 cm³/mol. The lowest BCUT2D eigenvalue weighted by Crippen LogP contribution is -2.30. The fourth-order valence-corrected chi connectivity index (χ4v) is 2.80. The number of benzene rings is 1. The summed E-state index contributed by atoms with van der Waals surface area (Å²) in [5.41, 5.74) is 3.53. The van der Waals surface area contributed by atoms with Crippen molar-refractivity contribution in [3.05, 3.63) is 28.8 Å². The highest BCUT2D eigenvalue weighted by molar-refractivity contribution is 5.75. The van der Waals surface area contributed by atoms with Crippen molar-refractivity contribution in [2.75, 3.05) is 13.2 Å². The molecule has 0 heterocycles. The smallest absolute Gasteiger partial charge is 0.347 e. The zero-order chi connectivity index (χ0) is 19.5. The summed E-state index contributed by atoms with van der Waals surface area (Å²) in [5.74, 6) is 0.0358. The molecule has 0 N–H and O–H groups in total. The minimum Gasteiger partial charge on any atom is -0.478 e. The minimum absolute atomic E-state index is 0.258. The Hall–Kier alpha value is -2.04. The number of hydrogen-bond donors (Lipinski definition) is 0. The fourth-order valence-electron chi connectivity index (χ4n) is 2.80. The van der Waals surface area contributed by atoms with Crippen LogP contribution in [-0.4, -0.2) is 31.3 Å². The number of hydrogen-bond acceptors (Lipinski definition) is 5. The van der Waals surface area contributed by atoms with Gasteiger partial charge in [-0.25, -0.2) is 4.79 Å². The van der Waals surface area contributed by atoms with Crippen molar-refractivity contribution in [1.29, 1.82) is 0 Å².